The number of nitrogens with two attached hydrogens (primary N) is 1. The highest BCUT2D eigenvalue weighted by Crippen LogP contribution is 2.40. The van der Waals surface area contributed by atoms with Crippen LogP contribution in [-0.2, 0) is 4.79 Å². The molecule has 0 heterocycles. The Balaban J connectivity index is 2.00. The predicted octanol–water partition coefficient (Wildman–Crippen LogP) is 2.69. The van der Waals surface area contributed by atoms with E-state index in [2.05, 4.69) is 26.1 Å². The van der Waals surface area contributed by atoms with Crippen molar-refractivity contribution in [2.24, 2.45) is 28.9 Å². The topological polar surface area (TPSA) is 55.1 Å². The molecule has 3 unspecified atom stereocenters. The zero-order chi connectivity index (χ0) is 14.2. The van der Waals surface area contributed by atoms with Crippen molar-refractivity contribution in [3.05, 3.63) is 0 Å². The molecule has 0 saturated heterocycles. The summed E-state index contributed by atoms with van der Waals surface area (Å²) in [6, 6.07) is 0.731. The van der Waals surface area contributed by atoms with Crippen molar-refractivity contribution >= 4 is 5.91 Å². The fourth-order valence-corrected chi connectivity index (χ4v) is 3.71. The third-order valence-electron chi connectivity index (χ3n) is 5.38. The molecule has 3 nitrogen and oxygen atoms in total. The van der Waals surface area contributed by atoms with E-state index in [-0.39, 0.29) is 17.2 Å². The van der Waals surface area contributed by atoms with Gasteiger partial charge < -0.3 is 11.1 Å². The van der Waals surface area contributed by atoms with Crippen molar-refractivity contribution in [3.8, 4) is 0 Å². The van der Waals surface area contributed by atoms with Gasteiger partial charge in [-0.15, -0.1) is 0 Å². The van der Waals surface area contributed by atoms with E-state index in [9.17, 15) is 4.79 Å². The Kier molecular flexibility index (Phi) is 4.24. The SMILES string of the molecule is CC(C(=O)NC1C2CCCC1CC(N)C2)C(C)(C)C. The molecule has 3 atom stereocenters. The van der Waals surface area contributed by atoms with Gasteiger partial charge >= 0.3 is 0 Å². The van der Waals surface area contributed by atoms with E-state index in [1.807, 2.05) is 6.92 Å². The molecule has 2 bridgehead atoms. The van der Waals surface area contributed by atoms with Crippen molar-refractivity contribution in [1.82, 2.24) is 5.32 Å². The van der Waals surface area contributed by atoms with Gasteiger partial charge in [-0.05, 0) is 42.9 Å². The summed E-state index contributed by atoms with van der Waals surface area (Å²) in [4.78, 5) is 12.4. The second kappa shape index (κ2) is 5.43. The van der Waals surface area contributed by atoms with Gasteiger partial charge in [-0.3, -0.25) is 4.79 Å². The van der Waals surface area contributed by atoms with Crippen LogP contribution in [0.3, 0.4) is 0 Å². The van der Waals surface area contributed by atoms with Crippen LogP contribution in [0.4, 0.5) is 0 Å². The van der Waals surface area contributed by atoms with Crippen LogP contribution >= 0.6 is 0 Å². The lowest BCUT2D eigenvalue weighted by atomic mass is 9.66. The van der Waals surface area contributed by atoms with Crippen molar-refractivity contribution in [1.29, 1.82) is 0 Å². The van der Waals surface area contributed by atoms with Gasteiger partial charge in [-0.25, -0.2) is 0 Å². The van der Waals surface area contributed by atoms with Crippen molar-refractivity contribution in [3.63, 3.8) is 0 Å². The molecular formula is C16H30N2O. The van der Waals surface area contributed by atoms with E-state index in [4.69, 9.17) is 5.73 Å². The van der Waals surface area contributed by atoms with Gasteiger partial charge in [0.2, 0.25) is 5.91 Å². The Morgan fingerprint density at radius 3 is 2.21 bits per heavy atom. The molecule has 2 rings (SSSR count). The number of amides is 1. The number of hydrogen-bond acceptors (Lipinski definition) is 2. The Bertz CT molecular complexity index is 320. The van der Waals surface area contributed by atoms with E-state index in [1.54, 1.807) is 0 Å². The van der Waals surface area contributed by atoms with E-state index < -0.39 is 0 Å². The molecule has 0 aliphatic heterocycles. The van der Waals surface area contributed by atoms with Crippen molar-refractivity contribution < 1.29 is 4.79 Å². The molecule has 3 N–H and O–H groups in total. The third-order valence-corrected chi connectivity index (χ3v) is 5.38. The van der Waals surface area contributed by atoms with Gasteiger partial charge in [0.1, 0.15) is 0 Å². The van der Waals surface area contributed by atoms with Crippen LogP contribution in [0.2, 0.25) is 0 Å². The Labute approximate surface area is 117 Å². The minimum atomic E-state index is 0.0320. The standard InChI is InChI=1S/C16H30N2O/c1-10(16(2,3)4)15(19)18-14-11-6-5-7-12(14)9-13(17)8-11/h10-14H,5-9,17H2,1-4H3,(H,18,19). The molecule has 0 radical (unpaired) electrons. The maximum atomic E-state index is 12.4. The lowest BCUT2D eigenvalue weighted by Gasteiger charge is -2.46. The molecule has 0 spiro atoms. The molecule has 3 heteroatoms. The van der Waals surface area contributed by atoms with Gasteiger partial charge in [0.15, 0.2) is 0 Å². The van der Waals surface area contributed by atoms with Crippen molar-refractivity contribution in [2.45, 2.75) is 71.9 Å². The summed E-state index contributed by atoms with van der Waals surface area (Å²) < 4.78 is 0. The van der Waals surface area contributed by atoms with Crippen LogP contribution in [0, 0.1) is 23.2 Å². The van der Waals surface area contributed by atoms with Gasteiger partial charge in [-0.2, -0.15) is 0 Å². The highest BCUT2D eigenvalue weighted by Gasteiger charge is 2.41. The Morgan fingerprint density at radius 2 is 1.74 bits per heavy atom. The van der Waals surface area contributed by atoms with Gasteiger partial charge in [-0.1, -0.05) is 34.1 Å². The fraction of sp³-hybridized carbons (Fsp3) is 0.938. The first-order chi connectivity index (χ1) is 8.79. The maximum Gasteiger partial charge on any atom is 0.223 e. The zero-order valence-corrected chi connectivity index (χ0v) is 12.9. The molecule has 0 aromatic rings. The Hall–Kier alpha value is -0.570. The van der Waals surface area contributed by atoms with Crippen LogP contribution in [0.25, 0.3) is 0 Å². The first kappa shape index (κ1) is 14.8. The summed E-state index contributed by atoms with van der Waals surface area (Å²) in [7, 11) is 0. The second-order valence-electron chi connectivity index (χ2n) is 7.80. The first-order valence-electron chi connectivity index (χ1n) is 7.85. The van der Waals surface area contributed by atoms with Crippen LogP contribution in [0.15, 0.2) is 0 Å². The van der Waals surface area contributed by atoms with Crippen LogP contribution < -0.4 is 11.1 Å². The minimum absolute atomic E-state index is 0.0320. The summed E-state index contributed by atoms with van der Waals surface area (Å²) in [5.74, 6) is 1.51. The van der Waals surface area contributed by atoms with E-state index in [0.29, 0.717) is 23.9 Å². The lowest BCUT2D eigenvalue weighted by Crippen LogP contribution is -2.55. The number of fused-ring (bicyclic) bond motifs is 2. The molecule has 1 amide bonds. The second-order valence-corrected chi connectivity index (χ2v) is 7.80. The average Bonchev–Trinajstić information content (AvgIpc) is 2.28. The van der Waals surface area contributed by atoms with E-state index >= 15 is 0 Å². The summed E-state index contributed by atoms with van der Waals surface area (Å²) in [5, 5.41) is 3.35. The third kappa shape index (κ3) is 3.31. The highest BCUT2D eigenvalue weighted by atomic mass is 16.2. The molecule has 19 heavy (non-hydrogen) atoms. The number of carbonyl (C=O) groups is 1. The smallest absolute Gasteiger partial charge is 0.223 e. The zero-order valence-electron chi connectivity index (χ0n) is 12.9. The molecule has 0 aromatic heterocycles. The summed E-state index contributed by atoms with van der Waals surface area (Å²) >= 11 is 0. The number of carbonyl (C=O) groups excluding carboxylic acids is 1. The lowest BCUT2D eigenvalue weighted by molar-refractivity contribution is -0.129. The number of hydrogen-bond donors (Lipinski definition) is 2. The highest BCUT2D eigenvalue weighted by molar-refractivity contribution is 5.79. The van der Waals surface area contributed by atoms with Gasteiger partial charge in [0, 0.05) is 18.0 Å². The Morgan fingerprint density at radius 1 is 1.21 bits per heavy atom. The molecular weight excluding hydrogens is 236 g/mol. The van der Waals surface area contributed by atoms with Crippen LogP contribution in [0.1, 0.15) is 59.8 Å². The first-order valence-corrected chi connectivity index (χ1v) is 7.85. The maximum absolute atomic E-state index is 12.4. The van der Waals surface area contributed by atoms with Gasteiger partial charge in [0.05, 0.1) is 0 Å². The molecule has 0 aromatic carbocycles. The predicted molar refractivity (Wildman–Crippen MR) is 78.6 cm³/mol. The molecule has 110 valence electrons. The van der Waals surface area contributed by atoms with E-state index in [0.717, 1.165) is 12.8 Å². The molecule has 2 saturated carbocycles. The fourth-order valence-electron chi connectivity index (χ4n) is 3.71. The quantitative estimate of drug-likeness (QED) is 0.807. The van der Waals surface area contributed by atoms with Gasteiger partial charge in [0.25, 0.3) is 0 Å². The number of rotatable bonds is 2. The van der Waals surface area contributed by atoms with Crippen LogP contribution in [0.5, 0.6) is 0 Å². The monoisotopic (exact) mass is 266 g/mol. The minimum Gasteiger partial charge on any atom is -0.353 e. The average molecular weight is 266 g/mol. The normalized spacial score (nSPS) is 36.7. The van der Waals surface area contributed by atoms with Crippen molar-refractivity contribution in [2.75, 3.05) is 0 Å². The molecule has 2 fully saturated rings. The number of nitrogens with one attached hydrogen (secondary N) is 1. The summed E-state index contributed by atoms with van der Waals surface area (Å²) in [6.07, 6.45) is 5.96. The molecule has 2 aliphatic rings. The molecule has 2 aliphatic carbocycles. The van der Waals surface area contributed by atoms with Crippen LogP contribution in [-0.4, -0.2) is 18.0 Å². The summed E-state index contributed by atoms with van der Waals surface area (Å²) in [6.45, 7) is 8.44. The largest absolute Gasteiger partial charge is 0.353 e. The summed E-state index contributed by atoms with van der Waals surface area (Å²) in [5.41, 5.74) is 6.17. The van der Waals surface area contributed by atoms with E-state index in [1.165, 1.54) is 19.3 Å².